The second-order valence-corrected chi connectivity index (χ2v) is 4.64. The molecule has 0 bridgehead atoms. The van der Waals surface area contributed by atoms with Crippen molar-refractivity contribution >= 4 is 17.5 Å². The van der Waals surface area contributed by atoms with Crippen LogP contribution >= 0.6 is 0 Å². The number of rotatable bonds is 4. The normalized spacial score (nSPS) is 10.4. The van der Waals surface area contributed by atoms with E-state index in [1.54, 1.807) is 28.2 Å². The number of anilines is 1. The van der Waals surface area contributed by atoms with Crippen LogP contribution in [0.15, 0.2) is 0 Å². The molecular formula is C12H21N5O2. The number of carbonyl (C=O) groups excluding carboxylic acids is 2. The molecule has 19 heavy (non-hydrogen) atoms. The Balaban J connectivity index is 2.94. The summed E-state index contributed by atoms with van der Waals surface area (Å²) in [6.45, 7) is 1.93. The third kappa shape index (κ3) is 3.04. The highest BCUT2D eigenvalue weighted by molar-refractivity contribution is 5.99. The number of nitrogens with zero attached hydrogens (tertiary/aromatic N) is 4. The van der Waals surface area contributed by atoms with Gasteiger partial charge in [-0.3, -0.25) is 14.3 Å². The number of nitrogens with two attached hydrogens (primary N) is 1. The molecule has 0 aliphatic rings. The average Bonchev–Trinajstić information content (AvgIpc) is 2.63. The number of nitrogen functional groups attached to an aromatic ring is 1. The maximum absolute atomic E-state index is 12.3. The fourth-order valence-electron chi connectivity index (χ4n) is 1.71. The van der Waals surface area contributed by atoms with Crippen LogP contribution in [-0.4, -0.2) is 59.1 Å². The molecule has 1 heterocycles. The van der Waals surface area contributed by atoms with Crippen molar-refractivity contribution in [3.63, 3.8) is 0 Å². The van der Waals surface area contributed by atoms with Crippen LogP contribution in [0.25, 0.3) is 0 Å². The number of aryl methyl sites for hydroxylation is 2. The lowest BCUT2D eigenvalue weighted by molar-refractivity contribution is -0.129. The van der Waals surface area contributed by atoms with Crippen molar-refractivity contribution in [3.8, 4) is 0 Å². The number of carbonyl (C=O) groups is 2. The Bertz CT molecular complexity index is 493. The van der Waals surface area contributed by atoms with Crippen molar-refractivity contribution in [3.05, 3.63) is 11.4 Å². The minimum Gasteiger partial charge on any atom is -0.395 e. The van der Waals surface area contributed by atoms with E-state index in [0.29, 0.717) is 23.5 Å². The van der Waals surface area contributed by atoms with E-state index in [1.807, 2.05) is 6.92 Å². The maximum Gasteiger partial charge on any atom is 0.274 e. The van der Waals surface area contributed by atoms with E-state index in [1.165, 1.54) is 14.5 Å². The van der Waals surface area contributed by atoms with Crippen molar-refractivity contribution in [1.82, 2.24) is 19.6 Å². The molecule has 106 valence electrons. The summed E-state index contributed by atoms with van der Waals surface area (Å²) in [6, 6.07) is 0. The number of hydrogen-bond donors (Lipinski definition) is 1. The van der Waals surface area contributed by atoms with E-state index in [2.05, 4.69) is 5.10 Å². The van der Waals surface area contributed by atoms with Crippen LogP contribution in [0.5, 0.6) is 0 Å². The molecule has 0 aliphatic carbocycles. The van der Waals surface area contributed by atoms with Gasteiger partial charge in [0.2, 0.25) is 5.91 Å². The summed E-state index contributed by atoms with van der Waals surface area (Å²) >= 11 is 0. The highest BCUT2D eigenvalue weighted by Gasteiger charge is 2.23. The van der Waals surface area contributed by atoms with Gasteiger partial charge in [0.15, 0.2) is 0 Å². The molecule has 1 rings (SSSR count). The minimum absolute atomic E-state index is 0.0118. The lowest BCUT2D eigenvalue weighted by Crippen LogP contribution is -2.38. The lowest BCUT2D eigenvalue weighted by Gasteiger charge is -2.19. The van der Waals surface area contributed by atoms with Gasteiger partial charge < -0.3 is 15.5 Å². The molecule has 0 saturated carbocycles. The van der Waals surface area contributed by atoms with Crippen molar-refractivity contribution < 1.29 is 9.59 Å². The minimum atomic E-state index is -0.303. The maximum atomic E-state index is 12.3. The number of likely N-dealkylation sites (N-methyl/N-ethyl adjacent to an activating group) is 2. The predicted molar refractivity (Wildman–Crippen MR) is 72.7 cm³/mol. The summed E-state index contributed by atoms with van der Waals surface area (Å²) in [5.41, 5.74) is 7.32. The van der Waals surface area contributed by atoms with Crippen LogP contribution in [0.3, 0.4) is 0 Å². The quantitative estimate of drug-likeness (QED) is 0.813. The zero-order valence-electron chi connectivity index (χ0n) is 12.1. The summed E-state index contributed by atoms with van der Waals surface area (Å²) in [4.78, 5) is 26.7. The van der Waals surface area contributed by atoms with E-state index in [0.717, 1.165) is 0 Å². The molecule has 0 saturated heterocycles. The number of hydrogen-bond acceptors (Lipinski definition) is 4. The third-order valence-electron chi connectivity index (χ3n) is 2.92. The molecule has 0 aromatic carbocycles. The standard InChI is InChI=1S/C12H21N5O2/c1-6-8-10(13)11(17(5)14-8)12(19)16(4)7-9(18)15(2)3/h6-7,13H2,1-5H3. The first-order valence-corrected chi connectivity index (χ1v) is 6.06. The number of amides is 2. The van der Waals surface area contributed by atoms with Crippen LogP contribution in [0.2, 0.25) is 0 Å². The molecule has 0 radical (unpaired) electrons. The first-order valence-electron chi connectivity index (χ1n) is 6.06. The van der Waals surface area contributed by atoms with E-state index in [4.69, 9.17) is 5.73 Å². The Hall–Kier alpha value is -2.05. The van der Waals surface area contributed by atoms with Gasteiger partial charge >= 0.3 is 0 Å². The van der Waals surface area contributed by atoms with Crippen molar-refractivity contribution in [2.24, 2.45) is 7.05 Å². The van der Waals surface area contributed by atoms with Gasteiger partial charge in [0.1, 0.15) is 5.69 Å². The van der Waals surface area contributed by atoms with Gasteiger partial charge in [0, 0.05) is 28.2 Å². The lowest BCUT2D eigenvalue weighted by atomic mass is 10.2. The second-order valence-electron chi connectivity index (χ2n) is 4.64. The molecule has 1 aromatic rings. The fourth-order valence-corrected chi connectivity index (χ4v) is 1.71. The molecule has 0 fully saturated rings. The first-order chi connectivity index (χ1) is 8.79. The summed E-state index contributed by atoms with van der Waals surface area (Å²) in [6.07, 6.45) is 0.660. The Morgan fingerprint density at radius 3 is 2.32 bits per heavy atom. The molecule has 7 nitrogen and oxygen atoms in total. The molecule has 1 aromatic heterocycles. The van der Waals surface area contributed by atoms with E-state index >= 15 is 0 Å². The SMILES string of the molecule is CCc1nn(C)c(C(=O)N(C)CC(=O)N(C)C)c1N. The molecular weight excluding hydrogens is 246 g/mol. The molecule has 0 spiro atoms. The summed E-state index contributed by atoms with van der Waals surface area (Å²) in [5, 5.41) is 4.20. The zero-order chi connectivity index (χ0) is 14.7. The van der Waals surface area contributed by atoms with Crippen LogP contribution in [0.4, 0.5) is 5.69 Å². The number of aromatic nitrogens is 2. The molecule has 0 unspecified atom stereocenters. The Kier molecular flexibility index (Phi) is 4.52. The Morgan fingerprint density at radius 2 is 1.89 bits per heavy atom. The van der Waals surface area contributed by atoms with E-state index < -0.39 is 0 Å². The Labute approximate surface area is 113 Å². The topological polar surface area (TPSA) is 84.5 Å². The predicted octanol–water partition coefficient (Wildman–Crippen LogP) is -0.275. The van der Waals surface area contributed by atoms with Gasteiger partial charge in [-0.15, -0.1) is 0 Å². The monoisotopic (exact) mass is 267 g/mol. The van der Waals surface area contributed by atoms with Gasteiger partial charge in [-0.25, -0.2) is 0 Å². The second kappa shape index (κ2) is 5.73. The van der Waals surface area contributed by atoms with E-state index in [-0.39, 0.29) is 18.4 Å². The molecule has 0 atom stereocenters. The highest BCUT2D eigenvalue weighted by Crippen LogP contribution is 2.18. The largest absolute Gasteiger partial charge is 0.395 e. The van der Waals surface area contributed by atoms with Crippen LogP contribution < -0.4 is 5.73 Å². The van der Waals surface area contributed by atoms with Crippen molar-refractivity contribution in [2.75, 3.05) is 33.4 Å². The smallest absolute Gasteiger partial charge is 0.274 e. The van der Waals surface area contributed by atoms with Gasteiger partial charge in [-0.2, -0.15) is 5.10 Å². The first kappa shape index (κ1) is 15.0. The highest BCUT2D eigenvalue weighted by atomic mass is 16.2. The van der Waals surface area contributed by atoms with Crippen LogP contribution in [-0.2, 0) is 18.3 Å². The summed E-state index contributed by atoms with van der Waals surface area (Å²) < 4.78 is 1.47. The summed E-state index contributed by atoms with van der Waals surface area (Å²) in [5.74, 6) is -0.449. The van der Waals surface area contributed by atoms with Crippen molar-refractivity contribution in [1.29, 1.82) is 0 Å². The van der Waals surface area contributed by atoms with Crippen LogP contribution in [0.1, 0.15) is 23.1 Å². The van der Waals surface area contributed by atoms with Crippen LogP contribution in [0, 0.1) is 0 Å². The average molecular weight is 267 g/mol. The zero-order valence-corrected chi connectivity index (χ0v) is 12.1. The van der Waals surface area contributed by atoms with Gasteiger partial charge in [-0.1, -0.05) is 6.92 Å². The fraction of sp³-hybridized carbons (Fsp3) is 0.583. The molecule has 2 amide bonds. The molecule has 0 aliphatic heterocycles. The van der Waals surface area contributed by atoms with Gasteiger partial charge in [0.05, 0.1) is 17.9 Å². The Morgan fingerprint density at radius 1 is 1.32 bits per heavy atom. The summed E-state index contributed by atoms with van der Waals surface area (Å²) in [7, 11) is 6.54. The van der Waals surface area contributed by atoms with Gasteiger partial charge in [-0.05, 0) is 6.42 Å². The molecule has 7 heteroatoms. The third-order valence-corrected chi connectivity index (χ3v) is 2.92. The van der Waals surface area contributed by atoms with E-state index in [9.17, 15) is 9.59 Å². The van der Waals surface area contributed by atoms with Crippen molar-refractivity contribution in [2.45, 2.75) is 13.3 Å². The molecule has 2 N–H and O–H groups in total. The van der Waals surface area contributed by atoms with Gasteiger partial charge in [0.25, 0.3) is 5.91 Å².